The Bertz CT molecular complexity index is 793. The van der Waals surface area contributed by atoms with Crippen molar-refractivity contribution in [2.24, 2.45) is 5.73 Å². The van der Waals surface area contributed by atoms with Crippen LogP contribution >= 0.6 is 12.6 Å². The fourth-order valence-electron chi connectivity index (χ4n) is 3.39. The molecule has 0 saturated carbocycles. The van der Waals surface area contributed by atoms with Crippen LogP contribution in [0.5, 0.6) is 0 Å². The summed E-state index contributed by atoms with van der Waals surface area (Å²) in [6.07, 6.45) is 1.38. The first-order valence-corrected chi connectivity index (χ1v) is 10.6. The van der Waals surface area contributed by atoms with Crippen molar-refractivity contribution in [3.63, 3.8) is 0 Å². The normalized spacial score (nSPS) is 18.7. The second-order valence-corrected chi connectivity index (χ2v) is 7.68. The maximum absolute atomic E-state index is 12.8. The third-order valence-electron chi connectivity index (χ3n) is 5.07. The molecule has 1 heterocycles. The predicted octanol–water partition coefficient (Wildman–Crippen LogP) is -1.48. The van der Waals surface area contributed by atoms with Crippen molar-refractivity contribution < 1.29 is 29.4 Å². The van der Waals surface area contributed by atoms with Crippen molar-refractivity contribution in [3.8, 4) is 0 Å². The quantitative estimate of drug-likeness (QED) is 0.236. The van der Waals surface area contributed by atoms with Gasteiger partial charge in [-0.1, -0.05) is 30.3 Å². The van der Waals surface area contributed by atoms with E-state index >= 15 is 0 Å². The van der Waals surface area contributed by atoms with Crippen molar-refractivity contribution >= 4 is 36.3 Å². The summed E-state index contributed by atoms with van der Waals surface area (Å²) in [6.45, 7) is -0.415. The van der Waals surface area contributed by atoms with Crippen LogP contribution in [0.1, 0.15) is 18.4 Å². The van der Waals surface area contributed by atoms with Crippen molar-refractivity contribution in [3.05, 3.63) is 35.9 Å². The molecule has 10 nitrogen and oxygen atoms in total. The standard InChI is InChI=1S/C20H28N4O6S/c21-13(9-12-5-2-1-3-6-12)19(28)24-8-4-7-16(24)18(27)23-15(11-31)17(26)22-14(10-25)20(29)30/h1-3,5-6,13-16,25,31H,4,7-11,21H2,(H,22,26)(H,23,27)(H,29,30). The van der Waals surface area contributed by atoms with Gasteiger partial charge in [0.1, 0.15) is 18.1 Å². The average molecular weight is 453 g/mol. The molecule has 4 unspecified atom stereocenters. The van der Waals surface area contributed by atoms with E-state index in [9.17, 15) is 19.2 Å². The summed E-state index contributed by atoms with van der Waals surface area (Å²) in [4.78, 5) is 50.3. The van der Waals surface area contributed by atoms with E-state index in [0.717, 1.165) is 5.56 Å². The number of nitrogens with zero attached hydrogens (tertiary/aromatic N) is 1. The molecule has 3 amide bonds. The first-order chi connectivity index (χ1) is 14.8. The van der Waals surface area contributed by atoms with Crippen LogP contribution in [0.25, 0.3) is 0 Å². The van der Waals surface area contributed by atoms with Crippen LogP contribution < -0.4 is 16.4 Å². The molecular formula is C20H28N4O6S. The smallest absolute Gasteiger partial charge is 0.328 e. The highest BCUT2D eigenvalue weighted by Crippen LogP contribution is 2.19. The number of aliphatic hydroxyl groups is 1. The molecule has 2 rings (SSSR count). The highest BCUT2D eigenvalue weighted by atomic mass is 32.1. The molecule has 1 saturated heterocycles. The molecule has 4 atom stereocenters. The van der Waals surface area contributed by atoms with Gasteiger partial charge in [-0.25, -0.2) is 4.79 Å². The first-order valence-electron chi connectivity index (χ1n) is 9.93. The van der Waals surface area contributed by atoms with E-state index in [-0.39, 0.29) is 11.7 Å². The van der Waals surface area contributed by atoms with Gasteiger partial charge < -0.3 is 31.5 Å². The number of amides is 3. The number of nitrogens with two attached hydrogens (primary N) is 1. The summed E-state index contributed by atoms with van der Waals surface area (Å²) < 4.78 is 0. The molecule has 31 heavy (non-hydrogen) atoms. The van der Waals surface area contributed by atoms with Gasteiger partial charge >= 0.3 is 5.97 Å². The molecular weight excluding hydrogens is 424 g/mol. The lowest BCUT2D eigenvalue weighted by atomic mass is 10.1. The van der Waals surface area contributed by atoms with E-state index in [4.69, 9.17) is 15.9 Å². The van der Waals surface area contributed by atoms with Crippen molar-refractivity contribution in [1.29, 1.82) is 0 Å². The molecule has 0 aromatic heterocycles. The second kappa shape index (κ2) is 11.7. The van der Waals surface area contributed by atoms with Gasteiger partial charge in [-0.15, -0.1) is 0 Å². The number of benzene rings is 1. The zero-order chi connectivity index (χ0) is 23.0. The molecule has 0 bridgehead atoms. The minimum Gasteiger partial charge on any atom is -0.480 e. The number of aliphatic hydroxyl groups excluding tert-OH is 1. The number of hydrogen-bond donors (Lipinski definition) is 6. The zero-order valence-electron chi connectivity index (χ0n) is 16.9. The highest BCUT2D eigenvalue weighted by molar-refractivity contribution is 7.80. The number of carbonyl (C=O) groups excluding carboxylic acids is 3. The summed E-state index contributed by atoms with van der Waals surface area (Å²) in [5.41, 5.74) is 7.00. The Balaban J connectivity index is 1.99. The summed E-state index contributed by atoms with van der Waals surface area (Å²) in [6, 6.07) is 5.11. The van der Waals surface area contributed by atoms with Gasteiger partial charge in [-0.2, -0.15) is 12.6 Å². The molecule has 1 aliphatic rings. The molecule has 0 spiro atoms. The SMILES string of the molecule is NC(Cc1ccccc1)C(=O)N1CCCC1C(=O)NC(CS)C(=O)NC(CO)C(=O)O. The fourth-order valence-corrected chi connectivity index (χ4v) is 3.65. The molecule has 6 N–H and O–H groups in total. The van der Waals surface area contributed by atoms with Gasteiger partial charge in [0.2, 0.25) is 17.7 Å². The molecule has 0 aliphatic carbocycles. The molecule has 1 aliphatic heterocycles. The Morgan fingerprint density at radius 3 is 2.42 bits per heavy atom. The van der Waals surface area contributed by atoms with E-state index in [0.29, 0.717) is 25.8 Å². The van der Waals surface area contributed by atoms with Crippen molar-refractivity contribution in [2.75, 3.05) is 18.9 Å². The molecule has 1 aromatic carbocycles. The Kier molecular flexibility index (Phi) is 9.28. The molecule has 1 fully saturated rings. The first kappa shape index (κ1) is 24.6. The van der Waals surface area contributed by atoms with Crippen molar-refractivity contribution in [2.45, 2.75) is 43.4 Å². The minimum absolute atomic E-state index is 0.0937. The summed E-state index contributed by atoms with van der Waals surface area (Å²) in [5.74, 6) is -3.17. The van der Waals surface area contributed by atoms with Gasteiger partial charge in [-0.3, -0.25) is 14.4 Å². The number of aliphatic carboxylic acids is 1. The number of carboxylic acid groups (broad SMARTS) is 1. The highest BCUT2D eigenvalue weighted by Gasteiger charge is 2.37. The number of nitrogens with one attached hydrogen (secondary N) is 2. The van der Waals surface area contributed by atoms with Crippen LogP contribution in [-0.4, -0.2) is 81.9 Å². The van der Waals surface area contributed by atoms with Gasteiger partial charge in [0, 0.05) is 12.3 Å². The Labute approximate surface area is 185 Å². The number of carbonyl (C=O) groups is 4. The summed E-state index contributed by atoms with van der Waals surface area (Å²) in [5, 5.41) is 22.7. The van der Waals surface area contributed by atoms with Crippen LogP contribution in [0.3, 0.4) is 0 Å². The van der Waals surface area contributed by atoms with Crippen LogP contribution in [0.2, 0.25) is 0 Å². The predicted molar refractivity (Wildman–Crippen MR) is 115 cm³/mol. The third kappa shape index (κ3) is 6.68. The monoisotopic (exact) mass is 452 g/mol. The largest absolute Gasteiger partial charge is 0.480 e. The minimum atomic E-state index is -1.49. The van der Waals surface area contributed by atoms with Crippen LogP contribution in [-0.2, 0) is 25.6 Å². The summed E-state index contributed by atoms with van der Waals surface area (Å²) in [7, 11) is 0. The van der Waals surface area contributed by atoms with E-state index in [2.05, 4.69) is 23.3 Å². The Morgan fingerprint density at radius 1 is 1.16 bits per heavy atom. The lowest BCUT2D eigenvalue weighted by Gasteiger charge is -2.28. The molecule has 0 radical (unpaired) electrons. The maximum atomic E-state index is 12.8. The van der Waals surface area contributed by atoms with Gasteiger partial charge in [0.05, 0.1) is 12.6 Å². The van der Waals surface area contributed by atoms with Crippen LogP contribution in [0.15, 0.2) is 30.3 Å². The van der Waals surface area contributed by atoms with E-state index in [1.165, 1.54) is 4.90 Å². The topological polar surface area (TPSA) is 162 Å². The number of likely N-dealkylation sites (tertiary alicyclic amines) is 1. The Hall–Kier alpha value is -2.63. The number of thiol groups is 1. The van der Waals surface area contributed by atoms with Gasteiger partial charge in [0.15, 0.2) is 0 Å². The number of carboxylic acids is 1. The van der Waals surface area contributed by atoms with Gasteiger partial charge in [-0.05, 0) is 24.8 Å². The fraction of sp³-hybridized carbons (Fsp3) is 0.500. The molecule has 1 aromatic rings. The van der Waals surface area contributed by atoms with E-state index < -0.39 is 48.6 Å². The Morgan fingerprint density at radius 2 is 1.84 bits per heavy atom. The summed E-state index contributed by atoms with van der Waals surface area (Å²) >= 11 is 4.04. The zero-order valence-corrected chi connectivity index (χ0v) is 17.8. The maximum Gasteiger partial charge on any atom is 0.328 e. The lowest BCUT2D eigenvalue weighted by molar-refractivity contribution is -0.143. The van der Waals surface area contributed by atoms with E-state index in [1.54, 1.807) is 0 Å². The average Bonchev–Trinajstić information content (AvgIpc) is 3.25. The van der Waals surface area contributed by atoms with Crippen molar-refractivity contribution in [1.82, 2.24) is 15.5 Å². The van der Waals surface area contributed by atoms with Crippen LogP contribution in [0.4, 0.5) is 0 Å². The number of rotatable bonds is 10. The third-order valence-corrected chi connectivity index (χ3v) is 5.43. The molecule has 170 valence electrons. The number of hydrogen-bond acceptors (Lipinski definition) is 7. The van der Waals surface area contributed by atoms with Gasteiger partial charge in [0.25, 0.3) is 0 Å². The lowest BCUT2D eigenvalue weighted by Crippen LogP contribution is -2.57. The van der Waals surface area contributed by atoms with Crippen LogP contribution in [0, 0.1) is 0 Å². The van der Waals surface area contributed by atoms with E-state index in [1.807, 2.05) is 30.3 Å². The molecule has 11 heteroatoms. The second-order valence-electron chi connectivity index (χ2n) is 7.31.